The van der Waals surface area contributed by atoms with Crippen LogP contribution in [0.1, 0.15) is 18.1 Å². The standard InChI is InChI=1S/C18H22OSi/c1-20(2,17-12-7-4-8-13-17)15-9-14-18(19)16-10-5-3-6-11-16/h3-13,15,18-19H,14H2,1-2H3/b15-9-. The van der Waals surface area contributed by atoms with E-state index in [-0.39, 0.29) is 0 Å². The molecule has 1 nitrogen and oxygen atoms in total. The Balaban J connectivity index is 2.00. The van der Waals surface area contributed by atoms with Crippen LogP contribution < -0.4 is 5.19 Å². The second-order valence-electron chi connectivity index (χ2n) is 5.65. The van der Waals surface area contributed by atoms with Crippen molar-refractivity contribution >= 4 is 13.3 Å². The van der Waals surface area contributed by atoms with Gasteiger partial charge in [0.05, 0.1) is 6.10 Å². The van der Waals surface area contributed by atoms with E-state index in [1.54, 1.807) is 0 Å². The molecule has 0 saturated carbocycles. The first-order chi connectivity index (χ1) is 9.59. The summed E-state index contributed by atoms with van der Waals surface area (Å²) in [6.07, 6.45) is 2.40. The minimum absolute atomic E-state index is 0.409. The quantitative estimate of drug-likeness (QED) is 0.827. The maximum atomic E-state index is 10.2. The Morgan fingerprint density at radius 2 is 1.50 bits per heavy atom. The Kier molecular flexibility index (Phi) is 4.93. The number of benzene rings is 2. The Morgan fingerprint density at radius 3 is 2.10 bits per heavy atom. The fourth-order valence-electron chi connectivity index (χ4n) is 2.27. The summed E-state index contributed by atoms with van der Waals surface area (Å²) in [5.74, 6) is 0. The lowest BCUT2D eigenvalue weighted by Crippen LogP contribution is -2.39. The Morgan fingerprint density at radius 1 is 0.950 bits per heavy atom. The first-order valence-electron chi connectivity index (χ1n) is 7.06. The van der Waals surface area contributed by atoms with Crippen LogP contribution in [0.2, 0.25) is 13.1 Å². The molecule has 2 heteroatoms. The molecule has 0 aromatic heterocycles. The van der Waals surface area contributed by atoms with Gasteiger partial charge in [-0.15, -0.1) is 0 Å². The van der Waals surface area contributed by atoms with Gasteiger partial charge >= 0.3 is 0 Å². The van der Waals surface area contributed by atoms with E-state index in [1.165, 1.54) is 5.19 Å². The summed E-state index contributed by atoms with van der Waals surface area (Å²) in [6.45, 7) is 4.65. The lowest BCUT2D eigenvalue weighted by Gasteiger charge is -2.18. The van der Waals surface area contributed by atoms with Crippen molar-refractivity contribution < 1.29 is 5.11 Å². The van der Waals surface area contributed by atoms with E-state index in [1.807, 2.05) is 30.3 Å². The average Bonchev–Trinajstić information content (AvgIpc) is 2.49. The van der Waals surface area contributed by atoms with Crippen molar-refractivity contribution in [1.82, 2.24) is 0 Å². The van der Waals surface area contributed by atoms with Gasteiger partial charge in [-0.1, -0.05) is 90.7 Å². The van der Waals surface area contributed by atoms with Crippen LogP contribution in [0.15, 0.2) is 72.4 Å². The fourth-order valence-corrected chi connectivity index (χ4v) is 4.24. The Labute approximate surface area is 122 Å². The molecule has 0 heterocycles. The van der Waals surface area contributed by atoms with Gasteiger partial charge in [0.1, 0.15) is 8.07 Å². The van der Waals surface area contributed by atoms with E-state index in [2.05, 4.69) is 55.2 Å². The summed E-state index contributed by atoms with van der Waals surface area (Å²) in [4.78, 5) is 0. The van der Waals surface area contributed by atoms with E-state index in [0.29, 0.717) is 6.42 Å². The molecule has 0 aliphatic heterocycles. The maximum Gasteiger partial charge on any atom is 0.103 e. The van der Waals surface area contributed by atoms with Crippen molar-refractivity contribution in [1.29, 1.82) is 0 Å². The number of rotatable bonds is 5. The van der Waals surface area contributed by atoms with Gasteiger partial charge in [0.2, 0.25) is 0 Å². The van der Waals surface area contributed by atoms with E-state index in [4.69, 9.17) is 0 Å². The largest absolute Gasteiger partial charge is 0.388 e. The van der Waals surface area contributed by atoms with Crippen molar-refractivity contribution in [2.45, 2.75) is 25.6 Å². The van der Waals surface area contributed by atoms with Gasteiger partial charge < -0.3 is 5.11 Å². The summed E-state index contributed by atoms with van der Waals surface area (Å²) in [5.41, 5.74) is 3.30. The van der Waals surface area contributed by atoms with E-state index in [0.717, 1.165) is 5.56 Å². The molecule has 0 fully saturated rings. The Hall–Kier alpha value is -1.64. The number of hydrogen-bond donors (Lipinski definition) is 1. The zero-order valence-corrected chi connectivity index (χ0v) is 13.2. The molecular formula is C18H22OSi. The molecule has 1 N–H and O–H groups in total. The summed E-state index contributed by atoms with van der Waals surface area (Å²) < 4.78 is 0. The molecular weight excluding hydrogens is 260 g/mol. The monoisotopic (exact) mass is 282 g/mol. The van der Waals surface area contributed by atoms with Gasteiger partial charge in [-0.2, -0.15) is 0 Å². The first-order valence-corrected chi connectivity index (χ1v) is 10.1. The zero-order valence-electron chi connectivity index (χ0n) is 12.2. The molecule has 1 unspecified atom stereocenters. The van der Waals surface area contributed by atoms with Crippen molar-refractivity contribution in [3.63, 3.8) is 0 Å². The highest BCUT2D eigenvalue weighted by atomic mass is 28.3. The average molecular weight is 282 g/mol. The third kappa shape index (κ3) is 3.92. The molecule has 0 spiro atoms. The third-order valence-corrected chi connectivity index (χ3v) is 6.49. The molecule has 20 heavy (non-hydrogen) atoms. The topological polar surface area (TPSA) is 20.2 Å². The van der Waals surface area contributed by atoms with Crippen LogP contribution >= 0.6 is 0 Å². The summed E-state index contributed by atoms with van der Waals surface area (Å²) >= 11 is 0. The molecule has 2 aromatic rings. The number of aliphatic hydroxyl groups is 1. The highest BCUT2D eigenvalue weighted by Gasteiger charge is 2.19. The van der Waals surface area contributed by atoms with Crippen LogP contribution in [-0.4, -0.2) is 13.2 Å². The van der Waals surface area contributed by atoms with Gasteiger partial charge in [-0.3, -0.25) is 0 Å². The predicted molar refractivity (Wildman–Crippen MR) is 88.7 cm³/mol. The molecule has 0 aliphatic carbocycles. The van der Waals surface area contributed by atoms with Crippen LogP contribution in [0.25, 0.3) is 0 Å². The lowest BCUT2D eigenvalue weighted by atomic mass is 10.1. The van der Waals surface area contributed by atoms with Crippen molar-refractivity contribution in [2.24, 2.45) is 0 Å². The van der Waals surface area contributed by atoms with Crippen LogP contribution in [0.4, 0.5) is 0 Å². The maximum absolute atomic E-state index is 10.2. The normalized spacial score (nSPS) is 13.6. The van der Waals surface area contributed by atoms with Gasteiger partial charge in [-0.25, -0.2) is 0 Å². The fraction of sp³-hybridized carbons (Fsp3) is 0.222. The minimum Gasteiger partial charge on any atom is -0.388 e. The van der Waals surface area contributed by atoms with Crippen LogP contribution in [0.3, 0.4) is 0 Å². The van der Waals surface area contributed by atoms with Gasteiger partial charge in [0, 0.05) is 0 Å². The van der Waals surface area contributed by atoms with Crippen molar-refractivity contribution in [3.8, 4) is 0 Å². The molecule has 0 bridgehead atoms. The smallest absolute Gasteiger partial charge is 0.103 e. The lowest BCUT2D eigenvalue weighted by molar-refractivity contribution is 0.181. The molecule has 0 aliphatic rings. The van der Waals surface area contributed by atoms with E-state index < -0.39 is 14.2 Å². The predicted octanol–water partition coefficient (Wildman–Crippen LogP) is 3.82. The van der Waals surface area contributed by atoms with E-state index >= 15 is 0 Å². The minimum atomic E-state index is -1.54. The molecule has 2 rings (SSSR count). The van der Waals surface area contributed by atoms with Crippen LogP contribution in [0.5, 0.6) is 0 Å². The van der Waals surface area contributed by atoms with Gasteiger partial charge in [0.25, 0.3) is 0 Å². The van der Waals surface area contributed by atoms with Crippen molar-refractivity contribution in [2.75, 3.05) is 0 Å². The molecule has 0 saturated heterocycles. The number of hydrogen-bond acceptors (Lipinski definition) is 1. The molecule has 1 atom stereocenters. The van der Waals surface area contributed by atoms with E-state index in [9.17, 15) is 5.11 Å². The SMILES string of the molecule is C[Si](C)(/C=C\CC(O)c1ccccc1)c1ccccc1. The summed E-state index contributed by atoms with van der Waals surface area (Å²) in [6, 6.07) is 20.5. The molecule has 104 valence electrons. The summed E-state index contributed by atoms with van der Waals surface area (Å²) in [5, 5.41) is 11.6. The van der Waals surface area contributed by atoms with Gasteiger partial charge in [0.15, 0.2) is 0 Å². The van der Waals surface area contributed by atoms with Crippen molar-refractivity contribution in [3.05, 3.63) is 78.0 Å². The van der Waals surface area contributed by atoms with Crippen LogP contribution in [0, 0.1) is 0 Å². The molecule has 2 aromatic carbocycles. The number of aliphatic hydroxyl groups excluding tert-OH is 1. The van der Waals surface area contributed by atoms with Gasteiger partial charge in [-0.05, 0) is 12.0 Å². The third-order valence-electron chi connectivity index (χ3n) is 3.60. The highest BCUT2D eigenvalue weighted by molar-refractivity contribution is 6.93. The summed E-state index contributed by atoms with van der Waals surface area (Å²) in [7, 11) is -1.54. The first kappa shape index (κ1) is 14.8. The molecule has 0 radical (unpaired) electrons. The second kappa shape index (κ2) is 6.68. The Bertz CT molecular complexity index is 546. The highest BCUT2D eigenvalue weighted by Crippen LogP contribution is 2.17. The van der Waals surface area contributed by atoms with Crippen LogP contribution in [-0.2, 0) is 0 Å². The zero-order chi connectivity index (χ0) is 14.4. The molecule has 0 amide bonds. The second-order valence-corrected chi connectivity index (χ2v) is 10.0.